The summed E-state index contributed by atoms with van der Waals surface area (Å²) in [5.41, 5.74) is -2.96. The number of benzene rings is 2. The number of aromatic nitrogens is 6. The molecule has 14 nitrogen and oxygen atoms in total. The second-order valence-corrected chi connectivity index (χ2v) is 15.1. The number of fused-ring (bicyclic) bond motifs is 3. The first kappa shape index (κ1) is 38.9. The molecule has 0 bridgehead atoms. The number of carbonyl (C=O) groups excluding carboxylic acids is 2. The zero-order valence-electron chi connectivity index (χ0n) is 31.0. The average Bonchev–Trinajstić information content (AvgIpc) is 3.75. The van der Waals surface area contributed by atoms with Gasteiger partial charge in [-0.2, -0.15) is 22.7 Å². The first-order chi connectivity index (χ1) is 27.5. The highest BCUT2D eigenvalue weighted by atomic mass is 35.5. The third-order valence-electron chi connectivity index (χ3n) is 10.5. The molecule has 8 rings (SSSR count). The highest BCUT2D eigenvalue weighted by Crippen LogP contribution is 2.49. The summed E-state index contributed by atoms with van der Waals surface area (Å²) in [6.45, 7) is 4.92. The number of halogens is 5. The number of likely N-dealkylation sites (tertiary alicyclic amines) is 1. The fourth-order valence-corrected chi connectivity index (χ4v) is 7.62. The van der Waals surface area contributed by atoms with Crippen molar-refractivity contribution in [3.05, 3.63) is 97.9 Å². The van der Waals surface area contributed by atoms with E-state index in [4.69, 9.17) is 21.1 Å². The van der Waals surface area contributed by atoms with E-state index in [2.05, 4.69) is 37.2 Å². The first-order valence-corrected chi connectivity index (χ1v) is 18.4. The summed E-state index contributed by atoms with van der Waals surface area (Å²) in [7, 11) is 0. The van der Waals surface area contributed by atoms with Gasteiger partial charge in [0, 0.05) is 24.1 Å². The Labute approximate surface area is 331 Å². The molecule has 0 saturated carbocycles. The highest BCUT2D eigenvalue weighted by Gasteiger charge is 2.56. The van der Waals surface area contributed by atoms with Crippen LogP contribution < -0.4 is 10.9 Å². The molecule has 1 spiro atoms. The summed E-state index contributed by atoms with van der Waals surface area (Å²) in [6, 6.07) is 9.43. The molecule has 3 atom stereocenters. The number of piperidine rings is 1. The number of hydrogen-bond acceptors (Lipinski definition) is 10. The van der Waals surface area contributed by atoms with E-state index in [1.165, 1.54) is 11.5 Å². The lowest BCUT2D eigenvalue weighted by Crippen LogP contribution is -2.55. The number of alkyl halides is 4. The van der Waals surface area contributed by atoms with Crippen LogP contribution >= 0.6 is 11.6 Å². The normalized spacial score (nSPS) is 21.0. The Morgan fingerprint density at radius 2 is 1.88 bits per heavy atom. The molecule has 3 aromatic heterocycles. The summed E-state index contributed by atoms with van der Waals surface area (Å²) >= 11 is 6.14. The van der Waals surface area contributed by atoms with Crippen molar-refractivity contribution in [1.82, 2.24) is 34.0 Å². The van der Waals surface area contributed by atoms with Gasteiger partial charge < -0.3 is 29.4 Å². The van der Waals surface area contributed by atoms with Crippen LogP contribution in [-0.2, 0) is 32.6 Å². The predicted octanol–water partition coefficient (Wildman–Crippen LogP) is 5.23. The maximum Gasteiger partial charge on any atom is 0.416 e. The van der Waals surface area contributed by atoms with Crippen molar-refractivity contribution >= 4 is 34.9 Å². The molecule has 0 radical (unpaired) electrons. The van der Waals surface area contributed by atoms with Crippen LogP contribution in [0.15, 0.2) is 53.6 Å². The van der Waals surface area contributed by atoms with Gasteiger partial charge >= 0.3 is 6.18 Å². The van der Waals surface area contributed by atoms with Gasteiger partial charge in [-0.25, -0.2) is 14.4 Å². The van der Waals surface area contributed by atoms with Crippen LogP contribution in [0.4, 0.5) is 23.2 Å². The van der Waals surface area contributed by atoms with Crippen LogP contribution in [0.1, 0.15) is 64.9 Å². The number of amides is 2. The Kier molecular flexibility index (Phi) is 9.52. The van der Waals surface area contributed by atoms with Gasteiger partial charge in [-0.05, 0) is 63.2 Å². The van der Waals surface area contributed by atoms with E-state index < -0.39 is 65.8 Å². The molecular weight excluding hydrogens is 788 g/mol. The zero-order valence-corrected chi connectivity index (χ0v) is 31.8. The third-order valence-corrected chi connectivity index (χ3v) is 10.8. The summed E-state index contributed by atoms with van der Waals surface area (Å²) in [5, 5.41) is 17.1. The van der Waals surface area contributed by atoms with Crippen LogP contribution in [0.2, 0.25) is 5.02 Å². The molecule has 0 unspecified atom stereocenters. The van der Waals surface area contributed by atoms with Gasteiger partial charge in [0.2, 0.25) is 11.7 Å². The molecule has 3 aliphatic rings. The topological polar surface area (TPSA) is 166 Å². The largest absolute Gasteiger partial charge is 0.504 e. The quantitative estimate of drug-likeness (QED) is 0.177. The molecule has 58 heavy (non-hydrogen) atoms. The van der Waals surface area contributed by atoms with Crippen LogP contribution in [0, 0.1) is 24.2 Å². The maximum absolute atomic E-state index is 16.8. The van der Waals surface area contributed by atoms with Crippen molar-refractivity contribution in [1.29, 1.82) is 0 Å². The van der Waals surface area contributed by atoms with E-state index in [1.807, 2.05) is 6.92 Å². The van der Waals surface area contributed by atoms with E-state index in [0.29, 0.717) is 24.8 Å². The Morgan fingerprint density at radius 1 is 1.14 bits per heavy atom. The maximum atomic E-state index is 16.8. The smallest absolute Gasteiger partial charge is 0.416 e. The van der Waals surface area contributed by atoms with Crippen molar-refractivity contribution in [2.24, 2.45) is 5.41 Å². The summed E-state index contributed by atoms with van der Waals surface area (Å²) < 4.78 is 70.6. The lowest BCUT2D eigenvalue weighted by Gasteiger charge is -2.41. The van der Waals surface area contributed by atoms with Gasteiger partial charge in [0.15, 0.2) is 23.4 Å². The summed E-state index contributed by atoms with van der Waals surface area (Å²) in [6.07, 6.45) is -6.74. The Bertz CT molecular complexity index is 2640. The third kappa shape index (κ3) is 6.72. The molecule has 2 amide bonds. The molecule has 2 aromatic carbocycles. The lowest BCUT2D eigenvalue weighted by atomic mass is 9.83. The molecule has 3 aliphatic heterocycles. The SMILES string of the molecule is Cc1ncnc(C(=O)N2CC[C@]3(O[C@H](C)c4c3c(=O)n3nc(-c5ccc(C#CC6(C)COC6)cc5)nc3n4CC(=O)Nc3ccc(C(F)(F)F)cc3Cl)[C@@H](F)C2)c1O. The van der Waals surface area contributed by atoms with Crippen molar-refractivity contribution in [2.45, 2.75) is 57.8 Å². The van der Waals surface area contributed by atoms with Gasteiger partial charge in [0.1, 0.15) is 18.5 Å². The number of carbonyl (C=O) groups is 2. The lowest BCUT2D eigenvalue weighted by molar-refractivity contribution is -0.143. The summed E-state index contributed by atoms with van der Waals surface area (Å²) in [4.78, 5) is 55.2. The number of ether oxygens (including phenoxy) is 2. The van der Waals surface area contributed by atoms with Crippen molar-refractivity contribution in [3.8, 4) is 29.0 Å². The minimum atomic E-state index is -4.67. The van der Waals surface area contributed by atoms with Crippen LogP contribution in [0.3, 0.4) is 0 Å². The van der Waals surface area contributed by atoms with Gasteiger partial charge in [-0.3, -0.25) is 14.4 Å². The average molecular weight is 821 g/mol. The number of aromatic hydroxyl groups is 1. The molecule has 2 fully saturated rings. The molecule has 2 N–H and O–H groups in total. The van der Waals surface area contributed by atoms with Gasteiger partial charge in [-0.15, -0.1) is 5.10 Å². The van der Waals surface area contributed by atoms with Crippen LogP contribution in [-0.4, -0.2) is 83.4 Å². The van der Waals surface area contributed by atoms with Gasteiger partial charge in [-0.1, -0.05) is 23.4 Å². The number of nitrogens with one attached hydrogen (secondary N) is 1. The summed E-state index contributed by atoms with van der Waals surface area (Å²) in [5.74, 6) is 4.38. The Hall–Kier alpha value is -5.90. The van der Waals surface area contributed by atoms with E-state index in [1.54, 1.807) is 31.2 Å². The molecule has 300 valence electrons. The first-order valence-electron chi connectivity index (χ1n) is 18.0. The standard InChI is InChI=1S/C39H33ClF4N8O6/c1-20-32(54)30(46-19-45-20)35(56)50-13-12-38(27(41)15-50)29-31(21(2)58-38)51(16-28(53)47-26-9-8-24(14-25(26)40)39(42,43)44)36-48-33(49-52(36)34(29)55)23-6-4-22(5-7-23)10-11-37(3)17-57-18-37/h4-9,14,19,21,27,54H,12-13,15-18H2,1-3H3,(H,47,53)/t21-,27+,38+/m1/s1. The molecule has 0 aliphatic carbocycles. The van der Waals surface area contributed by atoms with Crippen LogP contribution in [0.25, 0.3) is 17.2 Å². The Morgan fingerprint density at radius 3 is 2.53 bits per heavy atom. The highest BCUT2D eigenvalue weighted by molar-refractivity contribution is 6.33. The number of hydrogen-bond donors (Lipinski definition) is 2. The molecular formula is C39H33ClF4N8O6. The number of rotatable bonds is 5. The molecule has 19 heteroatoms. The minimum absolute atomic E-state index is 0.0966. The van der Waals surface area contributed by atoms with Crippen LogP contribution in [0.5, 0.6) is 5.75 Å². The molecule has 6 heterocycles. The molecule has 5 aromatic rings. The van der Waals surface area contributed by atoms with Crippen molar-refractivity contribution in [2.75, 3.05) is 31.6 Å². The van der Waals surface area contributed by atoms with E-state index in [9.17, 15) is 32.7 Å². The Balaban J connectivity index is 1.18. The monoisotopic (exact) mass is 820 g/mol. The van der Waals surface area contributed by atoms with Gasteiger partial charge in [0.25, 0.3) is 11.5 Å². The second-order valence-electron chi connectivity index (χ2n) is 14.7. The number of nitrogens with zero attached hydrogens (tertiary/aromatic N) is 7. The number of aryl methyl sites for hydroxylation is 1. The van der Waals surface area contributed by atoms with Crippen molar-refractivity contribution < 1.29 is 41.7 Å². The second kappa shape index (κ2) is 14.2. The van der Waals surface area contributed by atoms with Crippen molar-refractivity contribution in [3.63, 3.8) is 0 Å². The van der Waals surface area contributed by atoms with Gasteiger partial charge in [0.05, 0.1) is 64.5 Å². The zero-order chi connectivity index (χ0) is 41.3. The number of anilines is 1. The van der Waals surface area contributed by atoms with E-state index in [-0.39, 0.29) is 63.3 Å². The molecule has 2 saturated heterocycles. The van der Waals surface area contributed by atoms with E-state index in [0.717, 1.165) is 33.4 Å². The fourth-order valence-electron chi connectivity index (χ4n) is 7.40. The minimum Gasteiger partial charge on any atom is -0.504 e. The predicted molar refractivity (Wildman–Crippen MR) is 199 cm³/mol. The fraction of sp³-hybridized carbons (Fsp3) is 0.359. The van der Waals surface area contributed by atoms with E-state index >= 15 is 4.39 Å².